The summed E-state index contributed by atoms with van der Waals surface area (Å²) >= 11 is 0. The van der Waals surface area contributed by atoms with Gasteiger partial charge in [-0.3, -0.25) is 0 Å². The number of hydrogen-bond donors (Lipinski definition) is 1. The summed E-state index contributed by atoms with van der Waals surface area (Å²) in [6.45, 7) is 6.48. The summed E-state index contributed by atoms with van der Waals surface area (Å²) in [7, 11) is 0. The first-order valence-electron chi connectivity index (χ1n) is 9.25. The molecular weight excluding hydrogens is 244 g/mol. The Morgan fingerprint density at radius 1 is 0.950 bits per heavy atom. The minimum Gasteiger partial charge on any atom is -0.313 e. The van der Waals surface area contributed by atoms with Crippen molar-refractivity contribution in [1.29, 1.82) is 0 Å². The number of nitrogens with zero attached hydrogens (tertiary/aromatic N) is 1. The molecule has 0 radical (unpaired) electrons. The molecule has 1 aliphatic heterocycles. The third kappa shape index (κ3) is 3.98. The predicted molar refractivity (Wildman–Crippen MR) is 86.0 cm³/mol. The van der Waals surface area contributed by atoms with E-state index in [1.165, 1.54) is 90.3 Å². The number of rotatable bonds is 5. The minimum atomic E-state index is 0.597. The van der Waals surface area contributed by atoms with Crippen molar-refractivity contribution in [3.63, 3.8) is 0 Å². The zero-order valence-corrected chi connectivity index (χ0v) is 13.5. The Morgan fingerprint density at radius 2 is 1.70 bits per heavy atom. The van der Waals surface area contributed by atoms with E-state index in [0.717, 1.165) is 12.1 Å². The molecule has 3 fully saturated rings. The Kier molecular flexibility index (Phi) is 5.04. The van der Waals surface area contributed by atoms with Crippen molar-refractivity contribution < 1.29 is 0 Å². The van der Waals surface area contributed by atoms with Gasteiger partial charge in [-0.05, 0) is 57.4 Å². The van der Waals surface area contributed by atoms with E-state index in [2.05, 4.69) is 17.1 Å². The molecule has 116 valence electrons. The van der Waals surface area contributed by atoms with Crippen molar-refractivity contribution in [1.82, 2.24) is 10.2 Å². The lowest BCUT2D eigenvalue weighted by molar-refractivity contribution is 0.0803. The molecule has 1 saturated heterocycles. The molecule has 3 aliphatic rings. The first-order chi connectivity index (χ1) is 9.77. The van der Waals surface area contributed by atoms with Gasteiger partial charge < -0.3 is 10.2 Å². The molecular formula is C18H34N2. The van der Waals surface area contributed by atoms with Crippen LogP contribution in [0.15, 0.2) is 0 Å². The topological polar surface area (TPSA) is 15.3 Å². The molecule has 2 aliphatic carbocycles. The largest absolute Gasteiger partial charge is 0.313 e. The Bertz CT molecular complexity index is 292. The maximum Gasteiger partial charge on any atom is 0.00684 e. The number of nitrogens with one attached hydrogen (secondary N) is 1. The lowest BCUT2D eigenvalue weighted by atomic mass is 9.73. The summed E-state index contributed by atoms with van der Waals surface area (Å²) in [5.74, 6) is 0. The van der Waals surface area contributed by atoms with Gasteiger partial charge >= 0.3 is 0 Å². The van der Waals surface area contributed by atoms with Gasteiger partial charge in [0.15, 0.2) is 0 Å². The van der Waals surface area contributed by atoms with E-state index in [0.29, 0.717) is 5.41 Å². The van der Waals surface area contributed by atoms with E-state index in [4.69, 9.17) is 0 Å². The van der Waals surface area contributed by atoms with E-state index in [1.807, 2.05) is 0 Å². The van der Waals surface area contributed by atoms with Crippen LogP contribution in [-0.4, -0.2) is 36.6 Å². The molecule has 0 aromatic heterocycles. The average molecular weight is 278 g/mol. The van der Waals surface area contributed by atoms with Crippen LogP contribution in [0, 0.1) is 5.41 Å². The molecule has 1 N–H and O–H groups in total. The van der Waals surface area contributed by atoms with Crippen LogP contribution in [-0.2, 0) is 0 Å². The maximum atomic E-state index is 3.86. The third-order valence-corrected chi connectivity index (χ3v) is 5.99. The number of hydrogen-bond acceptors (Lipinski definition) is 2. The fraction of sp³-hybridized carbons (Fsp3) is 1.00. The second kappa shape index (κ2) is 6.79. The lowest BCUT2D eigenvalue weighted by Crippen LogP contribution is -2.48. The standard InChI is InChI=1S/C18H34N2/c1-16-8-4-2-7-13-20(16)15-18(11-5-3-6-12-18)14-19-17-9-10-17/h16-17,19H,2-15H2,1H3. The molecule has 2 saturated carbocycles. The molecule has 1 heterocycles. The van der Waals surface area contributed by atoms with Crippen LogP contribution in [0.1, 0.15) is 77.6 Å². The second-order valence-electron chi connectivity index (χ2n) is 7.88. The summed E-state index contributed by atoms with van der Waals surface area (Å²) < 4.78 is 0. The smallest absolute Gasteiger partial charge is 0.00684 e. The van der Waals surface area contributed by atoms with E-state index in [9.17, 15) is 0 Å². The van der Waals surface area contributed by atoms with E-state index < -0.39 is 0 Å². The molecule has 20 heavy (non-hydrogen) atoms. The van der Waals surface area contributed by atoms with Crippen molar-refractivity contribution in [3.05, 3.63) is 0 Å². The Balaban J connectivity index is 1.60. The highest BCUT2D eigenvalue weighted by molar-refractivity contribution is 4.92. The van der Waals surface area contributed by atoms with Gasteiger partial charge in [0.05, 0.1) is 0 Å². The molecule has 0 spiro atoms. The molecule has 0 amide bonds. The summed E-state index contributed by atoms with van der Waals surface area (Å²) in [5.41, 5.74) is 0.597. The molecule has 3 rings (SSSR count). The minimum absolute atomic E-state index is 0.597. The highest BCUT2D eigenvalue weighted by atomic mass is 15.2. The van der Waals surface area contributed by atoms with Crippen LogP contribution in [0.3, 0.4) is 0 Å². The maximum absolute atomic E-state index is 3.86. The van der Waals surface area contributed by atoms with Gasteiger partial charge in [0, 0.05) is 25.2 Å². The van der Waals surface area contributed by atoms with Crippen LogP contribution in [0.2, 0.25) is 0 Å². The highest BCUT2D eigenvalue weighted by Crippen LogP contribution is 2.38. The Labute approximate surface area is 125 Å². The Hall–Kier alpha value is -0.0800. The quantitative estimate of drug-likeness (QED) is 0.819. The first-order valence-corrected chi connectivity index (χ1v) is 9.25. The van der Waals surface area contributed by atoms with Crippen molar-refractivity contribution in [2.75, 3.05) is 19.6 Å². The van der Waals surface area contributed by atoms with E-state index >= 15 is 0 Å². The average Bonchev–Trinajstić information content (AvgIpc) is 3.29. The molecule has 0 bridgehead atoms. The molecule has 1 unspecified atom stereocenters. The van der Waals surface area contributed by atoms with Crippen molar-refractivity contribution in [2.24, 2.45) is 5.41 Å². The van der Waals surface area contributed by atoms with Crippen molar-refractivity contribution >= 4 is 0 Å². The number of likely N-dealkylation sites (tertiary alicyclic amines) is 1. The summed E-state index contributed by atoms with van der Waals surface area (Å²) in [5, 5.41) is 3.86. The monoisotopic (exact) mass is 278 g/mol. The molecule has 1 atom stereocenters. The fourth-order valence-electron chi connectivity index (χ4n) is 4.34. The third-order valence-electron chi connectivity index (χ3n) is 5.99. The van der Waals surface area contributed by atoms with Crippen LogP contribution < -0.4 is 5.32 Å². The molecule has 0 aromatic rings. The van der Waals surface area contributed by atoms with Crippen molar-refractivity contribution in [2.45, 2.75) is 89.6 Å². The fourth-order valence-corrected chi connectivity index (χ4v) is 4.34. The zero-order chi connectivity index (χ0) is 13.8. The SMILES string of the molecule is CC1CCCCCN1CC1(CNC2CC2)CCCCC1. The van der Waals surface area contributed by atoms with Gasteiger partial charge in [-0.25, -0.2) is 0 Å². The van der Waals surface area contributed by atoms with Crippen molar-refractivity contribution in [3.8, 4) is 0 Å². The van der Waals surface area contributed by atoms with Gasteiger partial charge in [-0.1, -0.05) is 32.1 Å². The van der Waals surface area contributed by atoms with Gasteiger partial charge in [-0.2, -0.15) is 0 Å². The van der Waals surface area contributed by atoms with Gasteiger partial charge in [0.2, 0.25) is 0 Å². The summed E-state index contributed by atoms with van der Waals surface area (Å²) in [6.07, 6.45) is 15.9. The first kappa shape index (κ1) is 14.8. The van der Waals surface area contributed by atoms with Crippen LogP contribution in [0.25, 0.3) is 0 Å². The summed E-state index contributed by atoms with van der Waals surface area (Å²) in [6, 6.07) is 1.69. The molecule has 2 nitrogen and oxygen atoms in total. The van der Waals surface area contributed by atoms with Gasteiger partial charge in [0.1, 0.15) is 0 Å². The van der Waals surface area contributed by atoms with E-state index in [1.54, 1.807) is 0 Å². The summed E-state index contributed by atoms with van der Waals surface area (Å²) in [4.78, 5) is 2.84. The lowest BCUT2D eigenvalue weighted by Gasteiger charge is -2.43. The normalized spacial score (nSPS) is 31.9. The van der Waals surface area contributed by atoms with E-state index in [-0.39, 0.29) is 0 Å². The van der Waals surface area contributed by atoms with Crippen LogP contribution in [0.5, 0.6) is 0 Å². The van der Waals surface area contributed by atoms with Crippen LogP contribution >= 0.6 is 0 Å². The van der Waals surface area contributed by atoms with Gasteiger partial charge in [0.25, 0.3) is 0 Å². The Morgan fingerprint density at radius 3 is 2.45 bits per heavy atom. The predicted octanol–water partition coefficient (Wildman–Crippen LogP) is 3.95. The van der Waals surface area contributed by atoms with Crippen LogP contribution in [0.4, 0.5) is 0 Å². The molecule has 0 aromatic carbocycles. The molecule has 2 heteroatoms. The second-order valence-corrected chi connectivity index (χ2v) is 7.88. The highest BCUT2D eigenvalue weighted by Gasteiger charge is 2.36. The zero-order valence-electron chi connectivity index (χ0n) is 13.5. The van der Waals surface area contributed by atoms with Gasteiger partial charge in [-0.15, -0.1) is 0 Å².